The van der Waals surface area contributed by atoms with Crippen LogP contribution in [0.5, 0.6) is 0 Å². The van der Waals surface area contributed by atoms with Crippen LogP contribution in [-0.2, 0) is 0 Å². The summed E-state index contributed by atoms with van der Waals surface area (Å²) in [4.78, 5) is 12.9. The van der Waals surface area contributed by atoms with Crippen molar-refractivity contribution in [1.29, 1.82) is 0 Å². The maximum absolute atomic E-state index is 11.5. The third-order valence-corrected chi connectivity index (χ3v) is 2.13. The molecule has 0 bridgehead atoms. The molecule has 0 aromatic heterocycles. The second kappa shape index (κ2) is 5.58. The largest absolute Gasteiger partial charge is 0.395 e. The number of aliphatic hydroxyl groups excluding tert-OH is 1. The van der Waals surface area contributed by atoms with Crippen LogP contribution in [0.4, 0.5) is 10.5 Å². The fourth-order valence-corrected chi connectivity index (χ4v) is 1.13. The van der Waals surface area contributed by atoms with E-state index >= 15 is 0 Å². The number of nitrogens with one attached hydrogen (secondary N) is 1. The molecule has 0 aliphatic carbocycles. The van der Waals surface area contributed by atoms with Crippen LogP contribution < -0.4 is 5.32 Å². The summed E-state index contributed by atoms with van der Waals surface area (Å²) in [6.45, 7) is 0.254. The molecule has 82 valence electrons. The van der Waals surface area contributed by atoms with Gasteiger partial charge in [0.2, 0.25) is 0 Å². The molecule has 0 spiro atoms. The summed E-state index contributed by atoms with van der Waals surface area (Å²) in [5.41, 5.74) is 0.675. The zero-order valence-corrected chi connectivity index (χ0v) is 9.16. The smallest absolute Gasteiger partial charge is 0.321 e. The van der Waals surface area contributed by atoms with Gasteiger partial charge in [0.15, 0.2) is 0 Å². The molecule has 5 heteroatoms. The maximum atomic E-state index is 11.5. The topological polar surface area (TPSA) is 52.6 Å². The number of carbonyl (C=O) groups excluding carboxylic acids is 1. The Morgan fingerprint density at radius 1 is 1.47 bits per heavy atom. The van der Waals surface area contributed by atoms with Crippen molar-refractivity contribution in [2.24, 2.45) is 0 Å². The first kappa shape index (κ1) is 11.8. The summed E-state index contributed by atoms with van der Waals surface area (Å²) >= 11 is 5.70. The van der Waals surface area contributed by atoms with Gasteiger partial charge in [0.25, 0.3) is 0 Å². The van der Waals surface area contributed by atoms with Gasteiger partial charge in [-0.05, 0) is 24.3 Å². The molecule has 1 rings (SSSR count). The second-order valence-electron chi connectivity index (χ2n) is 3.08. The summed E-state index contributed by atoms with van der Waals surface area (Å²) in [6.07, 6.45) is 0. The van der Waals surface area contributed by atoms with E-state index < -0.39 is 0 Å². The highest BCUT2D eigenvalue weighted by molar-refractivity contribution is 6.30. The lowest BCUT2D eigenvalue weighted by Gasteiger charge is -2.16. The highest BCUT2D eigenvalue weighted by Crippen LogP contribution is 2.13. The summed E-state index contributed by atoms with van der Waals surface area (Å²) in [5.74, 6) is 0. The van der Waals surface area contributed by atoms with Gasteiger partial charge in [0.05, 0.1) is 6.61 Å². The maximum Gasteiger partial charge on any atom is 0.321 e. The SMILES string of the molecule is CN(CCO)C(=O)Nc1ccc(Cl)cc1. The van der Waals surface area contributed by atoms with Crippen molar-refractivity contribution in [2.45, 2.75) is 0 Å². The minimum Gasteiger partial charge on any atom is -0.395 e. The van der Waals surface area contributed by atoms with Crippen molar-refractivity contribution in [3.05, 3.63) is 29.3 Å². The minimum absolute atomic E-state index is 0.0511. The predicted octanol–water partition coefficient (Wildman–Crippen LogP) is 1.80. The number of amides is 2. The Bertz CT molecular complexity index is 327. The van der Waals surface area contributed by atoms with E-state index in [1.807, 2.05) is 0 Å². The molecular formula is C10H13ClN2O2. The summed E-state index contributed by atoms with van der Waals surface area (Å²) < 4.78 is 0. The molecular weight excluding hydrogens is 216 g/mol. The molecule has 15 heavy (non-hydrogen) atoms. The normalized spacial score (nSPS) is 9.80. The molecule has 0 atom stereocenters. The van der Waals surface area contributed by atoms with Crippen LogP contribution in [0.25, 0.3) is 0 Å². The van der Waals surface area contributed by atoms with E-state index in [1.165, 1.54) is 4.90 Å². The van der Waals surface area contributed by atoms with Crippen LogP contribution in [0.1, 0.15) is 0 Å². The Hall–Kier alpha value is -1.26. The first-order chi connectivity index (χ1) is 7.13. The highest BCUT2D eigenvalue weighted by atomic mass is 35.5. The second-order valence-corrected chi connectivity index (χ2v) is 3.52. The van der Waals surface area contributed by atoms with Gasteiger partial charge in [-0.3, -0.25) is 0 Å². The molecule has 0 radical (unpaired) electrons. The molecule has 2 N–H and O–H groups in total. The molecule has 1 aromatic carbocycles. The molecule has 0 fully saturated rings. The summed E-state index contributed by atoms with van der Waals surface area (Å²) in [5, 5.41) is 11.9. The Labute approximate surface area is 93.5 Å². The number of hydrogen-bond acceptors (Lipinski definition) is 2. The van der Waals surface area contributed by atoms with E-state index in [4.69, 9.17) is 16.7 Å². The lowest BCUT2D eigenvalue weighted by molar-refractivity contribution is 0.202. The number of halogens is 1. The van der Waals surface area contributed by atoms with Crippen molar-refractivity contribution >= 4 is 23.3 Å². The van der Waals surface area contributed by atoms with E-state index in [9.17, 15) is 4.79 Å². The molecule has 0 aliphatic heterocycles. The molecule has 0 aliphatic rings. The van der Waals surface area contributed by atoms with Gasteiger partial charge in [0.1, 0.15) is 0 Å². The number of nitrogens with zero attached hydrogens (tertiary/aromatic N) is 1. The number of rotatable bonds is 3. The Morgan fingerprint density at radius 2 is 2.07 bits per heavy atom. The first-order valence-electron chi connectivity index (χ1n) is 4.52. The Morgan fingerprint density at radius 3 is 2.60 bits per heavy atom. The summed E-state index contributed by atoms with van der Waals surface area (Å²) in [7, 11) is 1.61. The summed E-state index contributed by atoms with van der Waals surface area (Å²) in [6, 6.07) is 6.57. The van der Waals surface area contributed by atoms with Crippen molar-refractivity contribution in [1.82, 2.24) is 4.90 Å². The fraction of sp³-hybridized carbons (Fsp3) is 0.300. The van der Waals surface area contributed by atoms with Gasteiger partial charge in [-0.2, -0.15) is 0 Å². The standard InChI is InChI=1S/C10H13ClN2O2/c1-13(6-7-14)10(15)12-9-4-2-8(11)3-5-9/h2-5,14H,6-7H2,1H3,(H,12,15). The van der Waals surface area contributed by atoms with Gasteiger partial charge in [-0.15, -0.1) is 0 Å². The number of likely N-dealkylation sites (N-methyl/N-ethyl adjacent to an activating group) is 1. The third kappa shape index (κ3) is 3.77. The number of aliphatic hydroxyl groups is 1. The average Bonchev–Trinajstić information content (AvgIpc) is 2.22. The van der Waals surface area contributed by atoms with Crippen LogP contribution in [0.3, 0.4) is 0 Å². The van der Waals surface area contributed by atoms with Crippen LogP contribution in [0, 0.1) is 0 Å². The number of urea groups is 1. The molecule has 0 heterocycles. The number of anilines is 1. The van der Waals surface area contributed by atoms with Crippen molar-refractivity contribution in [2.75, 3.05) is 25.5 Å². The average molecular weight is 229 g/mol. The van der Waals surface area contributed by atoms with E-state index in [0.29, 0.717) is 17.3 Å². The lowest BCUT2D eigenvalue weighted by Crippen LogP contribution is -2.33. The fourth-order valence-electron chi connectivity index (χ4n) is 1.00. The Balaban J connectivity index is 2.54. The molecule has 4 nitrogen and oxygen atoms in total. The number of hydrogen-bond donors (Lipinski definition) is 2. The van der Waals surface area contributed by atoms with Gasteiger partial charge in [0, 0.05) is 24.3 Å². The van der Waals surface area contributed by atoms with Gasteiger partial charge in [-0.25, -0.2) is 4.79 Å². The van der Waals surface area contributed by atoms with Gasteiger partial charge < -0.3 is 15.3 Å². The van der Waals surface area contributed by atoms with Crippen molar-refractivity contribution < 1.29 is 9.90 Å². The van der Waals surface area contributed by atoms with E-state index in [0.717, 1.165) is 0 Å². The van der Waals surface area contributed by atoms with Crippen LogP contribution >= 0.6 is 11.6 Å². The Kier molecular flexibility index (Phi) is 4.39. The van der Waals surface area contributed by atoms with Crippen LogP contribution in [0.15, 0.2) is 24.3 Å². The highest BCUT2D eigenvalue weighted by Gasteiger charge is 2.07. The zero-order valence-electron chi connectivity index (χ0n) is 8.40. The van der Waals surface area contributed by atoms with Gasteiger partial charge in [-0.1, -0.05) is 11.6 Å². The minimum atomic E-state index is -0.258. The molecule has 0 saturated carbocycles. The van der Waals surface area contributed by atoms with Crippen molar-refractivity contribution in [3.8, 4) is 0 Å². The molecule has 0 saturated heterocycles. The van der Waals surface area contributed by atoms with E-state index in [-0.39, 0.29) is 12.6 Å². The van der Waals surface area contributed by atoms with Crippen LogP contribution in [0.2, 0.25) is 5.02 Å². The molecule has 1 aromatic rings. The lowest BCUT2D eigenvalue weighted by atomic mass is 10.3. The van der Waals surface area contributed by atoms with Crippen molar-refractivity contribution in [3.63, 3.8) is 0 Å². The first-order valence-corrected chi connectivity index (χ1v) is 4.90. The quantitative estimate of drug-likeness (QED) is 0.829. The van der Waals surface area contributed by atoms with E-state index in [2.05, 4.69) is 5.32 Å². The molecule has 0 unspecified atom stereocenters. The zero-order chi connectivity index (χ0) is 11.3. The predicted molar refractivity (Wildman–Crippen MR) is 60.2 cm³/mol. The monoisotopic (exact) mass is 228 g/mol. The van der Waals surface area contributed by atoms with Gasteiger partial charge >= 0.3 is 6.03 Å². The number of benzene rings is 1. The van der Waals surface area contributed by atoms with E-state index in [1.54, 1.807) is 31.3 Å². The third-order valence-electron chi connectivity index (χ3n) is 1.88. The number of carbonyl (C=O) groups is 1. The molecule has 2 amide bonds. The van der Waals surface area contributed by atoms with Crippen LogP contribution in [-0.4, -0.2) is 36.2 Å².